The molecule has 2 aromatic carbocycles. The molecule has 266 valence electrons. The monoisotopic (exact) mass is 857 g/mol. The van der Waals surface area contributed by atoms with Crippen molar-refractivity contribution in [2.75, 3.05) is 0 Å². The number of hydrogen-bond acceptors (Lipinski definition) is 6. The molecular formula is C39H59N3O3Se3. The van der Waals surface area contributed by atoms with Crippen LogP contribution in [0.25, 0.3) is 0 Å². The first-order chi connectivity index (χ1) is 22.7. The topological polar surface area (TPSA) is 97.8 Å². The van der Waals surface area contributed by atoms with Crippen molar-refractivity contribution >= 4 is 58.7 Å². The van der Waals surface area contributed by atoms with Crippen LogP contribution in [0.1, 0.15) is 122 Å². The van der Waals surface area contributed by atoms with Gasteiger partial charge in [0, 0.05) is 0 Å². The summed E-state index contributed by atoms with van der Waals surface area (Å²) in [5.41, 5.74) is 2.47. The molecule has 0 aromatic heterocycles. The summed E-state index contributed by atoms with van der Waals surface area (Å²) >= 11 is 1.33. The van der Waals surface area contributed by atoms with Crippen molar-refractivity contribution in [1.29, 1.82) is 0 Å². The first-order valence-electron chi connectivity index (χ1n) is 17.7. The van der Waals surface area contributed by atoms with Gasteiger partial charge in [0.15, 0.2) is 0 Å². The van der Waals surface area contributed by atoms with Crippen LogP contribution in [0.2, 0.25) is 15.5 Å². The number of rotatable bonds is 9. The molecule has 3 heterocycles. The Hall–Kier alpha value is -1.11. The number of nitrogens with zero attached hydrogens (tertiary/aromatic N) is 3. The van der Waals surface area contributed by atoms with E-state index in [9.17, 15) is 15.3 Å². The van der Waals surface area contributed by atoms with E-state index in [2.05, 4.69) is 98.1 Å². The molecule has 6 nitrogen and oxygen atoms in total. The fourth-order valence-corrected chi connectivity index (χ4v) is 13.3. The molecule has 0 saturated carbocycles. The van der Waals surface area contributed by atoms with Crippen LogP contribution in [0.3, 0.4) is 0 Å². The maximum atomic E-state index is 10.3. The van der Waals surface area contributed by atoms with E-state index in [4.69, 9.17) is 0 Å². The molecule has 2 aromatic rings. The average Bonchev–Trinajstić information content (AvgIpc) is 3.05. The van der Waals surface area contributed by atoms with Gasteiger partial charge >= 0.3 is 312 Å². The molecule has 4 unspecified atom stereocenters. The maximum absolute atomic E-state index is 10.3. The zero-order chi connectivity index (χ0) is 35.4. The summed E-state index contributed by atoms with van der Waals surface area (Å²) in [4.78, 5) is 14.2. The Morgan fingerprint density at radius 1 is 0.729 bits per heavy atom. The third-order valence-electron chi connectivity index (χ3n) is 8.82. The van der Waals surface area contributed by atoms with Crippen molar-refractivity contribution in [3.63, 3.8) is 0 Å². The van der Waals surface area contributed by atoms with Gasteiger partial charge in [-0.3, -0.25) is 0 Å². The van der Waals surface area contributed by atoms with Crippen LogP contribution < -0.4 is 0 Å². The second-order valence-corrected chi connectivity index (χ2v) is 21.0. The van der Waals surface area contributed by atoms with Gasteiger partial charge in [-0.1, -0.05) is 0 Å². The van der Waals surface area contributed by atoms with E-state index in [0.717, 1.165) is 46.6 Å². The first kappa shape index (κ1) is 41.3. The van der Waals surface area contributed by atoms with E-state index in [1.54, 1.807) is 0 Å². The van der Waals surface area contributed by atoms with Crippen molar-refractivity contribution in [1.82, 2.24) is 0 Å². The Balaban J connectivity index is 0.000000197. The van der Waals surface area contributed by atoms with Gasteiger partial charge in [0.25, 0.3) is 0 Å². The van der Waals surface area contributed by atoms with Crippen LogP contribution >= 0.6 is 0 Å². The number of hydrogen-bond donors (Lipinski definition) is 3. The molecule has 4 atom stereocenters. The van der Waals surface area contributed by atoms with Crippen LogP contribution in [-0.2, 0) is 0 Å². The number of aliphatic imine (C=N–C) groups is 3. The molecule has 0 fully saturated rings. The number of benzene rings is 2. The molecule has 0 bridgehead atoms. The quantitative estimate of drug-likeness (QED) is 0.177. The average molecular weight is 855 g/mol. The standard InChI is InChI=1S/C15H21NOSe.C13H17NOSe.C11H21NOSe/c1-10(2)13-9-15(4,17)16-14(18-13)12-7-5-11(3)6-8-12;1-3-13(15)8-9-16-12(14-13)11-6-4-10(2)5-7-11;1-3-5-6-7-10-12-11(13,4-2)8-9-14-10/h5-8,10,13,17H,9H2,1-4H3;4-7,15H,3,8-9H2,1-2H3;13H,3-9H2,1-2H3. The summed E-state index contributed by atoms with van der Waals surface area (Å²) < 4.78 is 3.53. The van der Waals surface area contributed by atoms with Crippen LogP contribution in [0.4, 0.5) is 0 Å². The molecule has 0 saturated heterocycles. The minimum atomic E-state index is -0.894. The summed E-state index contributed by atoms with van der Waals surface area (Å²) in [5.74, 6) is 0.604. The molecule has 0 amide bonds. The van der Waals surface area contributed by atoms with E-state index >= 15 is 0 Å². The van der Waals surface area contributed by atoms with Gasteiger partial charge in [-0.2, -0.15) is 0 Å². The van der Waals surface area contributed by atoms with Gasteiger partial charge in [-0.15, -0.1) is 0 Å². The Labute approximate surface area is 309 Å². The van der Waals surface area contributed by atoms with Gasteiger partial charge in [0.1, 0.15) is 0 Å². The fourth-order valence-electron chi connectivity index (χ4n) is 5.31. The molecule has 0 spiro atoms. The number of aryl methyl sites for hydroxylation is 2. The second kappa shape index (κ2) is 19.5. The number of unbranched alkanes of at least 4 members (excludes halogenated alkanes) is 2. The summed E-state index contributed by atoms with van der Waals surface area (Å²) in [5, 5.41) is 32.8. The zero-order valence-corrected chi connectivity index (χ0v) is 35.6. The Bertz CT molecular complexity index is 1380. The molecule has 5 rings (SSSR count). The van der Waals surface area contributed by atoms with E-state index in [1.165, 1.54) is 51.4 Å². The van der Waals surface area contributed by atoms with E-state index in [0.29, 0.717) is 62.0 Å². The third-order valence-corrected chi connectivity index (χ3v) is 16.4. The van der Waals surface area contributed by atoms with Gasteiger partial charge in [-0.05, 0) is 0 Å². The summed E-state index contributed by atoms with van der Waals surface area (Å²) in [7, 11) is 0. The predicted molar refractivity (Wildman–Crippen MR) is 207 cm³/mol. The van der Waals surface area contributed by atoms with Gasteiger partial charge in [-0.25, -0.2) is 0 Å². The normalized spacial score (nSPS) is 27.1. The molecule has 9 heteroatoms. The molecule has 3 aliphatic heterocycles. The van der Waals surface area contributed by atoms with Crippen molar-refractivity contribution < 1.29 is 15.3 Å². The van der Waals surface area contributed by atoms with Crippen molar-refractivity contribution in [2.24, 2.45) is 20.9 Å². The van der Waals surface area contributed by atoms with Crippen LogP contribution in [-0.4, -0.2) is 91.2 Å². The van der Waals surface area contributed by atoms with Crippen molar-refractivity contribution in [2.45, 2.75) is 146 Å². The summed E-state index contributed by atoms with van der Waals surface area (Å²) in [6.45, 7) is 16.7. The molecular weight excluding hydrogens is 795 g/mol. The molecule has 3 N–H and O–H groups in total. The fraction of sp³-hybridized carbons (Fsp3) is 0.615. The molecule has 3 aliphatic rings. The molecule has 0 aliphatic carbocycles. The van der Waals surface area contributed by atoms with E-state index < -0.39 is 17.2 Å². The summed E-state index contributed by atoms with van der Waals surface area (Å²) in [6.07, 6.45) is 8.88. The Kier molecular flexibility index (Phi) is 16.8. The van der Waals surface area contributed by atoms with Crippen molar-refractivity contribution in [3.05, 3.63) is 70.8 Å². The van der Waals surface area contributed by atoms with Crippen LogP contribution in [0.15, 0.2) is 63.5 Å². The third kappa shape index (κ3) is 13.5. The SMILES string of the molecule is CCC1(O)CC[Se]C(c2ccc(C)cc2)=N1.CCCCCC1=NC(O)(CC)CC[Se]1.Cc1ccc(C2=NC(C)(O)CC(C(C)C)[Se]2)cc1. The Morgan fingerprint density at radius 3 is 1.77 bits per heavy atom. The van der Waals surface area contributed by atoms with Crippen LogP contribution in [0, 0.1) is 19.8 Å². The van der Waals surface area contributed by atoms with Gasteiger partial charge in [0.2, 0.25) is 0 Å². The van der Waals surface area contributed by atoms with E-state index in [1.807, 2.05) is 20.8 Å². The zero-order valence-electron chi connectivity index (χ0n) is 30.5. The van der Waals surface area contributed by atoms with Gasteiger partial charge in [0.05, 0.1) is 0 Å². The van der Waals surface area contributed by atoms with Crippen LogP contribution in [0.5, 0.6) is 0 Å². The van der Waals surface area contributed by atoms with Crippen molar-refractivity contribution in [3.8, 4) is 0 Å². The predicted octanol–water partition coefficient (Wildman–Crippen LogP) is 7.96. The summed E-state index contributed by atoms with van der Waals surface area (Å²) in [6, 6.07) is 16.9. The molecule has 48 heavy (non-hydrogen) atoms. The molecule has 0 radical (unpaired) electrons. The van der Waals surface area contributed by atoms with Gasteiger partial charge < -0.3 is 0 Å². The van der Waals surface area contributed by atoms with E-state index in [-0.39, 0.29) is 0 Å². The minimum absolute atomic E-state index is 0.353. The second-order valence-electron chi connectivity index (χ2n) is 13.7. The number of aliphatic hydroxyl groups is 3. The Morgan fingerprint density at radius 2 is 1.25 bits per heavy atom. The first-order valence-corrected chi connectivity index (χ1v) is 23.7.